The molecule has 1 atom stereocenters. The maximum Gasteiger partial charge on any atom is 0.0967 e. The Morgan fingerprint density at radius 2 is 2.14 bits per heavy atom. The Hall–Kier alpha value is -0.280. The Labute approximate surface area is 93.2 Å². The van der Waals surface area contributed by atoms with Crippen molar-refractivity contribution in [2.45, 2.75) is 6.10 Å². The molecule has 1 unspecified atom stereocenters. The second kappa shape index (κ2) is 4.49. The Morgan fingerprint density at radius 1 is 1.29 bits per heavy atom. The standard InChI is InChI=1S/C10H10Cl2NO/c11-8-2-1-7(5-9(8)12)10-6-13-3-4-14-10/h1-2,5,10H,3-4,6H2. The van der Waals surface area contributed by atoms with Crippen LogP contribution in [0.15, 0.2) is 18.2 Å². The average Bonchev–Trinajstić information content (AvgIpc) is 2.23. The quantitative estimate of drug-likeness (QED) is 0.728. The van der Waals surface area contributed by atoms with Crippen molar-refractivity contribution >= 4 is 23.2 Å². The summed E-state index contributed by atoms with van der Waals surface area (Å²) in [4.78, 5) is 0. The Morgan fingerprint density at radius 3 is 2.79 bits per heavy atom. The van der Waals surface area contributed by atoms with Crippen molar-refractivity contribution in [3.8, 4) is 0 Å². The van der Waals surface area contributed by atoms with Gasteiger partial charge in [0.1, 0.15) is 0 Å². The van der Waals surface area contributed by atoms with Crippen LogP contribution < -0.4 is 5.32 Å². The van der Waals surface area contributed by atoms with E-state index in [0.29, 0.717) is 23.2 Å². The molecule has 0 bridgehead atoms. The summed E-state index contributed by atoms with van der Waals surface area (Å²) in [5, 5.41) is 5.43. The average molecular weight is 231 g/mol. The zero-order chi connectivity index (χ0) is 9.97. The molecule has 14 heavy (non-hydrogen) atoms. The van der Waals surface area contributed by atoms with E-state index in [1.54, 1.807) is 6.07 Å². The summed E-state index contributed by atoms with van der Waals surface area (Å²) in [6.45, 7) is 2.18. The molecule has 1 aliphatic heterocycles. The second-order valence-corrected chi connectivity index (χ2v) is 3.98. The van der Waals surface area contributed by atoms with Crippen LogP contribution in [0.4, 0.5) is 0 Å². The summed E-state index contributed by atoms with van der Waals surface area (Å²) >= 11 is 11.7. The fourth-order valence-electron chi connectivity index (χ4n) is 1.44. The van der Waals surface area contributed by atoms with Gasteiger partial charge in [0.25, 0.3) is 0 Å². The Bertz CT molecular complexity index is 324. The number of rotatable bonds is 1. The maximum atomic E-state index is 5.91. The van der Waals surface area contributed by atoms with Gasteiger partial charge in [-0.2, -0.15) is 0 Å². The van der Waals surface area contributed by atoms with Crippen molar-refractivity contribution in [2.24, 2.45) is 0 Å². The van der Waals surface area contributed by atoms with Crippen LogP contribution >= 0.6 is 23.2 Å². The number of hydrogen-bond donors (Lipinski definition) is 0. The van der Waals surface area contributed by atoms with Crippen molar-refractivity contribution < 1.29 is 4.74 Å². The summed E-state index contributed by atoms with van der Waals surface area (Å²) in [7, 11) is 0. The van der Waals surface area contributed by atoms with Gasteiger partial charge in [0.05, 0.1) is 22.8 Å². The predicted octanol–water partition coefficient (Wildman–Crippen LogP) is 2.67. The summed E-state index contributed by atoms with van der Waals surface area (Å²) in [6.07, 6.45) is 0.0403. The molecule has 1 fully saturated rings. The molecule has 0 amide bonds. The number of hydrogen-bond acceptors (Lipinski definition) is 1. The zero-order valence-corrected chi connectivity index (χ0v) is 9.05. The van der Waals surface area contributed by atoms with Gasteiger partial charge in [-0.15, -0.1) is 0 Å². The fourth-order valence-corrected chi connectivity index (χ4v) is 1.74. The van der Waals surface area contributed by atoms with E-state index >= 15 is 0 Å². The van der Waals surface area contributed by atoms with Crippen LogP contribution in [0, 0.1) is 0 Å². The minimum Gasteiger partial charge on any atom is -0.371 e. The van der Waals surface area contributed by atoms with Crippen LogP contribution in [0.3, 0.4) is 0 Å². The minimum atomic E-state index is 0.0403. The van der Waals surface area contributed by atoms with E-state index in [2.05, 4.69) is 5.32 Å². The molecule has 1 saturated heterocycles. The topological polar surface area (TPSA) is 23.3 Å². The van der Waals surface area contributed by atoms with Crippen LogP contribution in [0.2, 0.25) is 10.0 Å². The van der Waals surface area contributed by atoms with Gasteiger partial charge in [-0.1, -0.05) is 29.3 Å². The molecule has 4 heteroatoms. The lowest BCUT2D eigenvalue weighted by molar-refractivity contribution is 0.0261. The highest BCUT2D eigenvalue weighted by Gasteiger charge is 2.16. The van der Waals surface area contributed by atoms with Gasteiger partial charge in [-0.3, -0.25) is 0 Å². The van der Waals surface area contributed by atoms with E-state index in [0.717, 1.165) is 12.1 Å². The lowest BCUT2D eigenvalue weighted by Crippen LogP contribution is -2.28. The van der Waals surface area contributed by atoms with Gasteiger partial charge in [0, 0.05) is 13.1 Å². The molecule has 0 aromatic heterocycles. The van der Waals surface area contributed by atoms with E-state index in [9.17, 15) is 0 Å². The highest BCUT2D eigenvalue weighted by atomic mass is 35.5. The van der Waals surface area contributed by atoms with Crippen molar-refractivity contribution in [3.63, 3.8) is 0 Å². The smallest absolute Gasteiger partial charge is 0.0967 e. The molecule has 2 nitrogen and oxygen atoms in total. The van der Waals surface area contributed by atoms with E-state index in [4.69, 9.17) is 27.9 Å². The number of morpholine rings is 1. The summed E-state index contributed by atoms with van der Waals surface area (Å²) in [5.41, 5.74) is 1.04. The zero-order valence-electron chi connectivity index (χ0n) is 7.54. The molecule has 0 aliphatic carbocycles. The van der Waals surface area contributed by atoms with Crippen LogP contribution in [0.25, 0.3) is 0 Å². The highest BCUT2D eigenvalue weighted by Crippen LogP contribution is 2.27. The maximum absolute atomic E-state index is 5.91. The van der Waals surface area contributed by atoms with Crippen LogP contribution in [0.1, 0.15) is 11.7 Å². The second-order valence-electron chi connectivity index (χ2n) is 3.16. The van der Waals surface area contributed by atoms with E-state index in [-0.39, 0.29) is 6.10 Å². The normalized spacial score (nSPS) is 22.3. The molecule has 1 aliphatic rings. The molecule has 0 saturated carbocycles. The lowest BCUT2D eigenvalue weighted by Gasteiger charge is -2.22. The monoisotopic (exact) mass is 230 g/mol. The molecular weight excluding hydrogens is 221 g/mol. The first-order valence-corrected chi connectivity index (χ1v) is 5.23. The SMILES string of the molecule is Clc1ccc(C2C[N]CCO2)cc1Cl. The van der Waals surface area contributed by atoms with Gasteiger partial charge in [-0.25, -0.2) is 5.32 Å². The minimum absolute atomic E-state index is 0.0403. The Balaban J connectivity index is 2.18. The van der Waals surface area contributed by atoms with Crippen LogP contribution in [-0.2, 0) is 4.74 Å². The van der Waals surface area contributed by atoms with E-state index < -0.39 is 0 Å². The summed E-state index contributed by atoms with van der Waals surface area (Å²) < 4.78 is 5.56. The molecule has 2 rings (SSSR count). The number of halogens is 2. The largest absolute Gasteiger partial charge is 0.371 e. The molecule has 75 valence electrons. The molecule has 0 spiro atoms. The summed E-state index contributed by atoms with van der Waals surface area (Å²) in [6, 6.07) is 5.56. The first-order chi connectivity index (χ1) is 6.77. The highest BCUT2D eigenvalue weighted by molar-refractivity contribution is 6.42. The molecule has 1 aromatic rings. The van der Waals surface area contributed by atoms with Crippen LogP contribution in [-0.4, -0.2) is 19.7 Å². The van der Waals surface area contributed by atoms with Crippen molar-refractivity contribution in [2.75, 3.05) is 19.7 Å². The van der Waals surface area contributed by atoms with Crippen molar-refractivity contribution in [3.05, 3.63) is 33.8 Å². The van der Waals surface area contributed by atoms with Gasteiger partial charge in [0.15, 0.2) is 0 Å². The van der Waals surface area contributed by atoms with Crippen LogP contribution in [0.5, 0.6) is 0 Å². The third-order valence-corrected chi connectivity index (χ3v) is 2.92. The number of nitrogens with zero attached hydrogens (tertiary/aromatic N) is 1. The summed E-state index contributed by atoms with van der Waals surface area (Å²) in [5.74, 6) is 0. The fraction of sp³-hybridized carbons (Fsp3) is 0.400. The van der Waals surface area contributed by atoms with Gasteiger partial charge >= 0.3 is 0 Å². The van der Waals surface area contributed by atoms with Crippen molar-refractivity contribution in [1.82, 2.24) is 5.32 Å². The van der Waals surface area contributed by atoms with Gasteiger partial charge in [-0.05, 0) is 17.7 Å². The molecular formula is C10H10Cl2NO. The third-order valence-electron chi connectivity index (χ3n) is 2.18. The predicted molar refractivity (Wildman–Crippen MR) is 57.0 cm³/mol. The first kappa shape index (κ1) is 10.2. The number of ether oxygens (including phenoxy) is 1. The van der Waals surface area contributed by atoms with E-state index in [1.165, 1.54) is 0 Å². The van der Waals surface area contributed by atoms with Gasteiger partial charge in [0.2, 0.25) is 0 Å². The molecule has 0 N–H and O–H groups in total. The third kappa shape index (κ3) is 2.20. The van der Waals surface area contributed by atoms with Gasteiger partial charge < -0.3 is 4.74 Å². The molecule has 1 radical (unpaired) electrons. The molecule has 1 aromatic carbocycles. The van der Waals surface area contributed by atoms with E-state index in [1.807, 2.05) is 12.1 Å². The van der Waals surface area contributed by atoms with Crippen molar-refractivity contribution in [1.29, 1.82) is 0 Å². The molecule has 1 heterocycles. The Kier molecular flexibility index (Phi) is 3.29. The first-order valence-electron chi connectivity index (χ1n) is 4.47. The number of benzene rings is 1. The lowest BCUT2D eigenvalue weighted by atomic mass is 10.1.